The van der Waals surface area contributed by atoms with Crippen LogP contribution in [0.5, 0.6) is 0 Å². The molecule has 0 fully saturated rings. The fraction of sp³-hybridized carbons (Fsp3) is 0.583. The molecular weight excluding hydrogens is 440 g/mol. The maximum Gasteiger partial charge on any atom is 0.306 e. The van der Waals surface area contributed by atoms with E-state index >= 15 is 0 Å². The van der Waals surface area contributed by atoms with E-state index in [2.05, 4.69) is 16.0 Å². The number of nitrogens with two attached hydrogens (primary N) is 1. The number of carbonyl (C=O) groups excluding carboxylic acids is 4. The van der Waals surface area contributed by atoms with Crippen LogP contribution in [0.25, 0.3) is 0 Å². The van der Waals surface area contributed by atoms with Gasteiger partial charge in [-0.2, -0.15) is 0 Å². The molecule has 190 valence electrons. The monoisotopic (exact) mass is 478 g/mol. The van der Waals surface area contributed by atoms with E-state index < -0.39 is 47.4 Å². The van der Waals surface area contributed by atoms with Gasteiger partial charge in [0.05, 0.1) is 12.6 Å². The Morgan fingerprint density at radius 2 is 1.56 bits per heavy atom. The second-order valence-electron chi connectivity index (χ2n) is 9.54. The van der Waals surface area contributed by atoms with Crippen LogP contribution in [0.2, 0.25) is 0 Å². The lowest BCUT2D eigenvalue weighted by molar-refractivity contribution is -0.155. The van der Waals surface area contributed by atoms with E-state index in [1.165, 1.54) is 6.92 Å². The van der Waals surface area contributed by atoms with Crippen molar-refractivity contribution in [2.45, 2.75) is 84.7 Å². The van der Waals surface area contributed by atoms with Gasteiger partial charge in [-0.25, -0.2) is 0 Å². The van der Waals surface area contributed by atoms with E-state index in [4.69, 9.17) is 15.6 Å². The third kappa shape index (κ3) is 10.3. The van der Waals surface area contributed by atoms with Crippen LogP contribution < -0.4 is 21.7 Å². The maximum atomic E-state index is 12.8. The molecule has 0 heterocycles. The maximum absolute atomic E-state index is 12.8. The average Bonchev–Trinajstić information content (AvgIpc) is 2.74. The van der Waals surface area contributed by atoms with Gasteiger partial charge in [0.2, 0.25) is 17.7 Å². The normalized spacial score (nSPS) is 14.0. The molecule has 1 aromatic carbocycles. The summed E-state index contributed by atoms with van der Waals surface area (Å²) in [7, 11) is 0. The average molecular weight is 479 g/mol. The van der Waals surface area contributed by atoms with Gasteiger partial charge in [0, 0.05) is 12.1 Å². The van der Waals surface area contributed by atoms with Crippen LogP contribution in [-0.2, 0) is 30.5 Å². The first-order chi connectivity index (χ1) is 15.7. The lowest BCUT2D eigenvalue weighted by atomic mass is 10.0. The Kier molecular flexibility index (Phi) is 11.1. The Morgan fingerprint density at radius 1 is 0.971 bits per heavy atom. The number of hydrogen-bond acceptors (Lipinski definition) is 7. The van der Waals surface area contributed by atoms with Crippen molar-refractivity contribution in [2.75, 3.05) is 5.32 Å². The number of hydrogen-bond donors (Lipinski definition) is 5. The third-order valence-corrected chi connectivity index (χ3v) is 4.82. The predicted octanol–water partition coefficient (Wildman–Crippen LogP) is 1.21. The first kappa shape index (κ1) is 29.1. The number of aliphatic hydroxyl groups is 1. The highest BCUT2D eigenvalue weighted by atomic mass is 16.6. The number of aliphatic hydroxyl groups excluding tert-OH is 1. The molecule has 0 saturated carbocycles. The first-order valence-electron chi connectivity index (χ1n) is 11.3. The molecule has 0 aliphatic carbocycles. The Labute approximate surface area is 201 Å². The lowest BCUT2D eigenvalue weighted by Gasteiger charge is -2.25. The molecule has 34 heavy (non-hydrogen) atoms. The highest BCUT2D eigenvalue weighted by Crippen LogP contribution is 2.11. The predicted molar refractivity (Wildman–Crippen MR) is 128 cm³/mol. The SMILES string of the molecule is CC(C)[C@H](NC(=O)[C@@H](N)CCC(=O)OC(C)(C)C)C(=O)N[C@@H](C)C(=O)Nc1ccc(CO)cc1. The van der Waals surface area contributed by atoms with E-state index in [9.17, 15) is 19.2 Å². The summed E-state index contributed by atoms with van der Waals surface area (Å²) >= 11 is 0. The summed E-state index contributed by atoms with van der Waals surface area (Å²) in [4.78, 5) is 49.6. The summed E-state index contributed by atoms with van der Waals surface area (Å²) in [5.41, 5.74) is 6.50. The molecule has 0 aliphatic rings. The molecule has 3 atom stereocenters. The van der Waals surface area contributed by atoms with Gasteiger partial charge in [-0.1, -0.05) is 26.0 Å². The molecule has 0 unspecified atom stereocenters. The fourth-order valence-electron chi connectivity index (χ4n) is 2.90. The smallest absolute Gasteiger partial charge is 0.306 e. The zero-order valence-electron chi connectivity index (χ0n) is 20.8. The third-order valence-electron chi connectivity index (χ3n) is 4.82. The van der Waals surface area contributed by atoms with E-state index in [0.717, 1.165) is 0 Å². The number of ether oxygens (including phenoxy) is 1. The van der Waals surface area contributed by atoms with Crippen molar-refractivity contribution in [3.8, 4) is 0 Å². The van der Waals surface area contributed by atoms with Gasteiger partial charge in [0.1, 0.15) is 17.7 Å². The van der Waals surface area contributed by atoms with Crippen LogP contribution in [0.3, 0.4) is 0 Å². The number of nitrogens with one attached hydrogen (secondary N) is 3. The van der Waals surface area contributed by atoms with Gasteiger partial charge in [-0.3, -0.25) is 19.2 Å². The molecule has 0 saturated heterocycles. The van der Waals surface area contributed by atoms with Crippen molar-refractivity contribution in [2.24, 2.45) is 11.7 Å². The Hall–Kier alpha value is -2.98. The minimum absolute atomic E-state index is 0.0269. The van der Waals surface area contributed by atoms with Crippen molar-refractivity contribution in [1.29, 1.82) is 0 Å². The summed E-state index contributed by atoms with van der Waals surface area (Å²) < 4.78 is 5.21. The highest BCUT2D eigenvalue weighted by molar-refractivity contribution is 5.98. The molecule has 1 rings (SSSR count). The van der Waals surface area contributed by atoms with Crippen molar-refractivity contribution in [1.82, 2.24) is 10.6 Å². The minimum atomic E-state index is -0.996. The molecule has 6 N–H and O–H groups in total. The van der Waals surface area contributed by atoms with E-state index in [0.29, 0.717) is 11.3 Å². The second-order valence-corrected chi connectivity index (χ2v) is 9.54. The standard InChI is InChI=1S/C24H38N4O6/c1-14(2)20(28-22(32)18(25)11-12-19(30)34-24(4,5)6)23(33)26-15(3)21(31)27-17-9-7-16(13-29)8-10-17/h7-10,14-15,18,20,29H,11-13,25H2,1-6H3,(H,26,33)(H,27,31)(H,28,32)/t15-,18-,20-/m0/s1. The summed E-state index contributed by atoms with van der Waals surface area (Å²) in [6, 6.07) is 3.86. The summed E-state index contributed by atoms with van der Waals surface area (Å²) in [5.74, 6) is -2.27. The summed E-state index contributed by atoms with van der Waals surface area (Å²) in [6.45, 7) is 10.2. The van der Waals surface area contributed by atoms with E-state index in [1.807, 2.05) is 0 Å². The molecule has 0 aliphatic heterocycles. The van der Waals surface area contributed by atoms with Crippen molar-refractivity contribution in [3.05, 3.63) is 29.8 Å². The van der Waals surface area contributed by atoms with Gasteiger partial charge >= 0.3 is 5.97 Å². The Bertz CT molecular complexity index is 848. The number of amides is 3. The minimum Gasteiger partial charge on any atom is -0.460 e. The zero-order chi connectivity index (χ0) is 26.1. The number of anilines is 1. The molecule has 0 bridgehead atoms. The molecule has 10 heteroatoms. The molecule has 1 aromatic rings. The van der Waals surface area contributed by atoms with Crippen molar-refractivity contribution >= 4 is 29.4 Å². The second kappa shape index (κ2) is 13.0. The van der Waals surface area contributed by atoms with Crippen LogP contribution in [0.4, 0.5) is 5.69 Å². The van der Waals surface area contributed by atoms with Crippen LogP contribution in [-0.4, -0.2) is 52.5 Å². The van der Waals surface area contributed by atoms with E-state index in [-0.39, 0.29) is 25.4 Å². The first-order valence-corrected chi connectivity index (χ1v) is 11.3. The molecule has 3 amide bonds. The van der Waals surface area contributed by atoms with Gasteiger partial charge < -0.3 is 31.5 Å². The van der Waals surface area contributed by atoms with Gasteiger partial charge in [0.25, 0.3) is 0 Å². The molecule has 0 spiro atoms. The van der Waals surface area contributed by atoms with Gasteiger partial charge in [-0.15, -0.1) is 0 Å². The number of esters is 1. The van der Waals surface area contributed by atoms with Gasteiger partial charge in [0.15, 0.2) is 0 Å². The fourth-order valence-corrected chi connectivity index (χ4v) is 2.90. The van der Waals surface area contributed by atoms with Crippen LogP contribution >= 0.6 is 0 Å². The topological polar surface area (TPSA) is 160 Å². The molecular formula is C24H38N4O6. The molecule has 0 radical (unpaired) electrons. The molecule has 10 nitrogen and oxygen atoms in total. The quantitative estimate of drug-likeness (QED) is 0.299. The summed E-state index contributed by atoms with van der Waals surface area (Å²) in [6.07, 6.45) is 0.0436. The van der Waals surface area contributed by atoms with Gasteiger partial charge in [-0.05, 0) is 57.7 Å². The summed E-state index contributed by atoms with van der Waals surface area (Å²) in [5, 5.41) is 17.0. The van der Waals surface area contributed by atoms with Crippen LogP contribution in [0.15, 0.2) is 24.3 Å². The number of benzene rings is 1. The zero-order valence-corrected chi connectivity index (χ0v) is 20.8. The number of rotatable bonds is 11. The molecule has 0 aromatic heterocycles. The Morgan fingerprint density at radius 3 is 2.06 bits per heavy atom. The van der Waals surface area contributed by atoms with Crippen molar-refractivity contribution < 1.29 is 29.0 Å². The van der Waals surface area contributed by atoms with Crippen molar-refractivity contribution in [3.63, 3.8) is 0 Å². The van der Waals surface area contributed by atoms with E-state index in [1.54, 1.807) is 58.9 Å². The van der Waals surface area contributed by atoms with Crippen LogP contribution in [0.1, 0.15) is 59.9 Å². The lowest BCUT2D eigenvalue weighted by Crippen LogP contribution is -2.56. The Balaban J connectivity index is 2.63. The highest BCUT2D eigenvalue weighted by Gasteiger charge is 2.29. The number of carbonyl (C=O) groups is 4. The van der Waals surface area contributed by atoms with Crippen LogP contribution in [0, 0.1) is 5.92 Å². The largest absolute Gasteiger partial charge is 0.460 e.